The number of ether oxygens (including phenoxy) is 3. The molecule has 1 fully saturated rings. The van der Waals surface area contributed by atoms with Crippen LogP contribution in [0.25, 0.3) is 0 Å². The van der Waals surface area contributed by atoms with E-state index in [0.717, 1.165) is 5.56 Å². The fourth-order valence-electron chi connectivity index (χ4n) is 3.12. The van der Waals surface area contributed by atoms with Crippen LogP contribution in [0.2, 0.25) is 5.02 Å². The molecule has 3 rings (SSSR count). The molecular weight excluding hydrogens is 431 g/mol. The Bertz CT molecular complexity index is 906. The van der Waals surface area contributed by atoms with E-state index in [1.165, 1.54) is 23.9 Å². The molecule has 2 atom stereocenters. The fourth-order valence-corrected chi connectivity index (χ4v) is 3.75. The van der Waals surface area contributed by atoms with Gasteiger partial charge in [0.1, 0.15) is 12.0 Å². The van der Waals surface area contributed by atoms with Gasteiger partial charge in [-0.25, -0.2) is 20.2 Å². The molecule has 1 aliphatic heterocycles. The van der Waals surface area contributed by atoms with Crippen molar-refractivity contribution in [1.82, 2.24) is 10.9 Å². The lowest BCUT2D eigenvalue weighted by molar-refractivity contribution is 0.323. The van der Waals surface area contributed by atoms with Gasteiger partial charge in [0.25, 0.3) is 0 Å². The van der Waals surface area contributed by atoms with E-state index in [9.17, 15) is 4.39 Å². The number of hydrogen-bond donors (Lipinski definition) is 3. The number of halogens is 2. The quantitative estimate of drug-likeness (QED) is 0.446. The summed E-state index contributed by atoms with van der Waals surface area (Å²) in [6.07, 6.45) is 2.45. The molecule has 1 heterocycles. The Morgan fingerprint density at radius 2 is 1.83 bits per heavy atom. The molecule has 2 aromatic rings. The minimum absolute atomic E-state index is 0.00386. The number of hydrazine groups is 1. The van der Waals surface area contributed by atoms with Crippen LogP contribution in [0.5, 0.6) is 17.2 Å². The van der Waals surface area contributed by atoms with Gasteiger partial charge in [-0.2, -0.15) is 0 Å². The first kappa shape index (κ1) is 22.5. The van der Waals surface area contributed by atoms with Crippen LogP contribution < -0.4 is 30.4 Å². The number of anilines is 1. The molecule has 3 N–H and O–H groups in total. The van der Waals surface area contributed by atoms with Crippen molar-refractivity contribution >= 4 is 34.2 Å². The van der Waals surface area contributed by atoms with Crippen molar-refractivity contribution < 1.29 is 18.6 Å². The molecule has 0 amide bonds. The lowest BCUT2D eigenvalue weighted by atomic mass is 10.0. The highest BCUT2D eigenvalue weighted by Gasteiger charge is 2.27. The maximum absolute atomic E-state index is 13.4. The van der Waals surface area contributed by atoms with Crippen molar-refractivity contribution in [3.63, 3.8) is 0 Å². The maximum Gasteiger partial charge on any atom is 0.203 e. The largest absolute Gasteiger partial charge is 0.493 e. The molecule has 7 nitrogen and oxygen atoms in total. The van der Waals surface area contributed by atoms with Gasteiger partial charge in [0.2, 0.25) is 5.75 Å². The third-order valence-electron chi connectivity index (χ3n) is 4.61. The average Bonchev–Trinajstić information content (AvgIpc) is 3.23. The Kier molecular flexibility index (Phi) is 7.65. The predicted octanol–water partition coefficient (Wildman–Crippen LogP) is 4.20. The van der Waals surface area contributed by atoms with Gasteiger partial charge in [-0.1, -0.05) is 23.4 Å². The third kappa shape index (κ3) is 5.10. The summed E-state index contributed by atoms with van der Waals surface area (Å²) in [5.41, 5.74) is 8.10. The minimum atomic E-state index is -0.459. The molecule has 0 bridgehead atoms. The summed E-state index contributed by atoms with van der Waals surface area (Å²) in [6.45, 7) is 0. The van der Waals surface area contributed by atoms with Crippen LogP contribution >= 0.6 is 23.4 Å². The minimum Gasteiger partial charge on any atom is -0.493 e. The number of nitrogens with one attached hydrogen (secondary N) is 3. The van der Waals surface area contributed by atoms with Gasteiger partial charge in [-0.05, 0) is 42.2 Å². The van der Waals surface area contributed by atoms with Gasteiger partial charge in [0.05, 0.1) is 26.4 Å². The summed E-state index contributed by atoms with van der Waals surface area (Å²) < 4.78 is 29.6. The summed E-state index contributed by atoms with van der Waals surface area (Å²) >= 11 is 7.31. The highest BCUT2D eigenvalue weighted by molar-refractivity contribution is 8.13. The van der Waals surface area contributed by atoms with E-state index in [1.54, 1.807) is 27.4 Å². The molecule has 0 radical (unpaired) electrons. The number of rotatable bonds is 6. The van der Waals surface area contributed by atoms with E-state index in [0.29, 0.717) is 34.5 Å². The van der Waals surface area contributed by atoms with Gasteiger partial charge < -0.3 is 19.5 Å². The van der Waals surface area contributed by atoms with Crippen LogP contribution in [0.4, 0.5) is 10.1 Å². The molecule has 0 aliphatic carbocycles. The summed E-state index contributed by atoms with van der Waals surface area (Å²) in [5, 5.41) is 3.91. The van der Waals surface area contributed by atoms with Gasteiger partial charge in [0.15, 0.2) is 16.7 Å². The van der Waals surface area contributed by atoms with E-state index < -0.39 is 5.82 Å². The Morgan fingerprint density at radius 1 is 1.13 bits per heavy atom. The van der Waals surface area contributed by atoms with Gasteiger partial charge >= 0.3 is 0 Å². The number of nitrogens with zero attached hydrogens (tertiary/aromatic N) is 1. The van der Waals surface area contributed by atoms with Crippen LogP contribution in [0.15, 0.2) is 35.3 Å². The van der Waals surface area contributed by atoms with Crippen molar-refractivity contribution in [2.24, 2.45) is 4.99 Å². The summed E-state index contributed by atoms with van der Waals surface area (Å²) in [6, 6.07) is 8.30. The molecule has 30 heavy (non-hydrogen) atoms. The number of aliphatic imine (C=N–C) groups is 1. The molecule has 1 aliphatic rings. The van der Waals surface area contributed by atoms with E-state index >= 15 is 0 Å². The molecule has 10 heteroatoms. The molecule has 2 unspecified atom stereocenters. The van der Waals surface area contributed by atoms with Crippen LogP contribution in [0.3, 0.4) is 0 Å². The Balaban J connectivity index is 1.74. The van der Waals surface area contributed by atoms with Crippen molar-refractivity contribution in [2.45, 2.75) is 18.6 Å². The van der Waals surface area contributed by atoms with Crippen molar-refractivity contribution in [3.05, 3.63) is 46.7 Å². The first-order valence-corrected chi connectivity index (χ1v) is 10.7. The van der Waals surface area contributed by atoms with Crippen molar-refractivity contribution in [2.75, 3.05) is 32.9 Å². The fraction of sp³-hybridized carbons (Fsp3) is 0.350. The van der Waals surface area contributed by atoms with E-state index in [4.69, 9.17) is 30.8 Å². The molecular formula is C20H24ClFN4O3S. The van der Waals surface area contributed by atoms with Crippen molar-refractivity contribution in [3.8, 4) is 17.2 Å². The lowest BCUT2D eigenvalue weighted by Gasteiger charge is -2.17. The van der Waals surface area contributed by atoms with Gasteiger partial charge in [-0.3, -0.25) is 0 Å². The molecule has 0 spiro atoms. The number of methoxy groups -OCH3 is 3. The second-order valence-electron chi connectivity index (χ2n) is 6.44. The number of benzene rings is 2. The first-order valence-electron chi connectivity index (χ1n) is 9.13. The van der Waals surface area contributed by atoms with Crippen molar-refractivity contribution in [1.29, 1.82) is 0 Å². The third-order valence-corrected chi connectivity index (χ3v) is 5.49. The van der Waals surface area contributed by atoms with Crippen LogP contribution in [-0.2, 0) is 0 Å². The maximum atomic E-state index is 13.4. The highest BCUT2D eigenvalue weighted by atomic mass is 35.5. The monoisotopic (exact) mass is 454 g/mol. The Labute approximate surface area is 184 Å². The second kappa shape index (κ2) is 10.2. The summed E-state index contributed by atoms with van der Waals surface area (Å²) in [7, 11) is 4.75. The summed E-state index contributed by atoms with van der Waals surface area (Å²) in [5.74, 6) is 1.29. The Hall–Kier alpha value is -2.20. The topological polar surface area (TPSA) is 76.1 Å². The van der Waals surface area contributed by atoms with Crippen LogP contribution in [0, 0.1) is 5.82 Å². The molecule has 0 aromatic heterocycles. The number of hydrogen-bond acceptors (Lipinski definition) is 7. The Morgan fingerprint density at radius 3 is 2.40 bits per heavy atom. The van der Waals surface area contributed by atoms with Gasteiger partial charge in [0, 0.05) is 18.2 Å². The van der Waals surface area contributed by atoms with E-state index in [-0.39, 0.29) is 17.2 Å². The highest BCUT2D eigenvalue weighted by Crippen LogP contribution is 2.40. The van der Waals surface area contributed by atoms with Gasteiger partial charge in [-0.15, -0.1) is 0 Å². The number of thioether (sulfide) groups is 1. The SMILES string of the molecule is COc1cc(C2CC(/N=C(/Nc3ccc(F)c(Cl)c3)SC)NN2)cc(OC)c1OC. The zero-order valence-corrected chi connectivity index (χ0v) is 18.7. The van der Waals surface area contributed by atoms with E-state index in [2.05, 4.69) is 16.2 Å². The average molecular weight is 455 g/mol. The normalized spacial score (nSPS) is 18.9. The smallest absolute Gasteiger partial charge is 0.203 e. The zero-order valence-electron chi connectivity index (χ0n) is 17.1. The molecule has 2 aromatic carbocycles. The lowest BCUT2D eigenvalue weighted by Crippen LogP contribution is -2.30. The predicted molar refractivity (Wildman–Crippen MR) is 119 cm³/mol. The standard InChI is InChI=1S/C20H24ClFN4O3S/c1-27-16-7-11(8-17(28-2)19(16)29-3)15-10-18(26-25-15)24-20(30-4)23-12-5-6-14(22)13(21)9-12/h5-9,15,18,25-26H,10H2,1-4H3,(H,23,24). The summed E-state index contributed by atoms with van der Waals surface area (Å²) in [4.78, 5) is 4.71. The number of amidine groups is 1. The molecule has 162 valence electrons. The second-order valence-corrected chi connectivity index (χ2v) is 7.65. The van der Waals surface area contributed by atoms with Crippen LogP contribution in [0.1, 0.15) is 18.0 Å². The molecule has 0 saturated carbocycles. The zero-order chi connectivity index (χ0) is 21.7. The molecule has 1 saturated heterocycles. The van der Waals surface area contributed by atoms with Crippen LogP contribution in [-0.4, -0.2) is 38.9 Å². The first-order chi connectivity index (χ1) is 14.5. The van der Waals surface area contributed by atoms with E-state index in [1.807, 2.05) is 18.4 Å².